The van der Waals surface area contributed by atoms with Crippen LogP contribution in [0.15, 0.2) is 18.2 Å². The van der Waals surface area contributed by atoms with E-state index in [1.807, 2.05) is 6.07 Å². The van der Waals surface area contributed by atoms with E-state index in [9.17, 15) is 10.1 Å². The van der Waals surface area contributed by atoms with E-state index in [1.165, 1.54) is 51.7 Å². The van der Waals surface area contributed by atoms with Crippen molar-refractivity contribution in [2.45, 2.75) is 45.1 Å². The van der Waals surface area contributed by atoms with Crippen molar-refractivity contribution in [3.8, 4) is 5.75 Å². The highest BCUT2D eigenvalue weighted by Gasteiger charge is 2.14. The summed E-state index contributed by atoms with van der Waals surface area (Å²) < 4.78 is 5.11. The van der Waals surface area contributed by atoms with Crippen LogP contribution in [0.1, 0.15) is 44.1 Å². The predicted octanol–water partition coefficient (Wildman–Crippen LogP) is 3.66. The molecular formula is C16H24N2O3. The Bertz CT molecular complexity index is 471. The van der Waals surface area contributed by atoms with Crippen LogP contribution in [0.5, 0.6) is 5.75 Å². The molecule has 0 atom stereocenters. The minimum Gasteiger partial charge on any atom is -0.496 e. The van der Waals surface area contributed by atoms with Crippen molar-refractivity contribution >= 4 is 5.69 Å². The quantitative estimate of drug-likeness (QED) is 0.451. The first-order chi connectivity index (χ1) is 10.2. The van der Waals surface area contributed by atoms with Crippen LogP contribution in [0, 0.1) is 16.0 Å². The third-order valence-corrected chi connectivity index (χ3v) is 4.17. The predicted molar refractivity (Wildman–Crippen MR) is 82.5 cm³/mol. The second kappa shape index (κ2) is 7.98. The van der Waals surface area contributed by atoms with Crippen molar-refractivity contribution < 1.29 is 9.66 Å². The third kappa shape index (κ3) is 5.01. The van der Waals surface area contributed by atoms with Crippen LogP contribution in [-0.2, 0) is 6.54 Å². The molecule has 0 bridgehead atoms. The van der Waals surface area contributed by atoms with E-state index in [2.05, 4.69) is 5.32 Å². The summed E-state index contributed by atoms with van der Waals surface area (Å²) in [7, 11) is 1.53. The average molecular weight is 292 g/mol. The minimum absolute atomic E-state index is 0.0807. The number of nitrogens with zero attached hydrogens (tertiary/aromatic N) is 1. The molecule has 0 aromatic heterocycles. The van der Waals surface area contributed by atoms with E-state index in [-0.39, 0.29) is 10.6 Å². The van der Waals surface area contributed by atoms with Crippen molar-refractivity contribution in [2.24, 2.45) is 5.92 Å². The fourth-order valence-corrected chi connectivity index (χ4v) is 3.02. The van der Waals surface area contributed by atoms with Gasteiger partial charge >= 0.3 is 0 Å². The fraction of sp³-hybridized carbons (Fsp3) is 0.625. The van der Waals surface area contributed by atoms with Gasteiger partial charge in [0.15, 0.2) is 0 Å². The van der Waals surface area contributed by atoms with Gasteiger partial charge in [0.25, 0.3) is 5.69 Å². The molecule has 1 aliphatic carbocycles. The summed E-state index contributed by atoms with van der Waals surface area (Å²) in [5, 5.41) is 14.2. The number of non-ortho nitro benzene ring substituents is 1. The molecule has 116 valence electrons. The number of methoxy groups -OCH3 is 1. The van der Waals surface area contributed by atoms with E-state index in [1.54, 1.807) is 6.07 Å². The van der Waals surface area contributed by atoms with Crippen LogP contribution in [0.25, 0.3) is 0 Å². The highest BCUT2D eigenvalue weighted by Crippen LogP contribution is 2.28. The molecule has 1 aromatic carbocycles. The van der Waals surface area contributed by atoms with Gasteiger partial charge in [0.05, 0.1) is 18.1 Å². The highest BCUT2D eigenvalue weighted by atomic mass is 16.6. The molecule has 1 aromatic rings. The first-order valence-corrected chi connectivity index (χ1v) is 7.72. The molecule has 1 N–H and O–H groups in total. The number of nitro benzene ring substituents is 1. The maximum absolute atomic E-state index is 10.9. The third-order valence-electron chi connectivity index (χ3n) is 4.17. The van der Waals surface area contributed by atoms with Crippen LogP contribution in [0.4, 0.5) is 5.69 Å². The Kier molecular flexibility index (Phi) is 5.99. The smallest absolute Gasteiger partial charge is 0.273 e. The molecule has 0 aliphatic heterocycles. The second-order valence-corrected chi connectivity index (χ2v) is 5.77. The molecule has 1 fully saturated rings. The van der Waals surface area contributed by atoms with Crippen molar-refractivity contribution in [2.75, 3.05) is 13.7 Å². The Morgan fingerprint density at radius 1 is 1.33 bits per heavy atom. The van der Waals surface area contributed by atoms with Crippen molar-refractivity contribution in [3.63, 3.8) is 0 Å². The highest BCUT2D eigenvalue weighted by molar-refractivity contribution is 5.42. The molecule has 21 heavy (non-hydrogen) atoms. The van der Waals surface area contributed by atoms with Gasteiger partial charge in [-0.2, -0.15) is 0 Å². The molecule has 0 amide bonds. The number of hydrogen-bond donors (Lipinski definition) is 1. The molecule has 1 aliphatic rings. The SMILES string of the molecule is COc1cc(CNCCCC2CCCC2)cc([N+](=O)[O-])c1. The number of hydrogen-bond acceptors (Lipinski definition) is 4. The molecule has 0 saturated heterocycles. The number of nitro groups is 1. The molecule has 2 rings (SSSR count). The Morgan fingerprint density at radius 2 is 2.10 bits per heavy atom. The topological polar surface area (TPSA) is 64.4 Å². The molecule has 0 heterocycles. The Labute approximate surface area is 125 Å². The van der Waals surface area contributed by atoms with Gasteiger partial charge in [-0.1, -0.05) is 25.7 Å². The van der Waals surface area contributed by atoms with Crippen LogP contribution >= 0.6 is 0 Å². The summed E-state index contributed by atoms with van der Waals surface area (Å²) in [5.74, 6) is 1.46. The molecule has 0 spiro atoms. The number of ether oxygens (including phenoxy) is 1. The maximum atomic E-state index is 10.9. The average Bonchev–Trinajstić information content (AvgIpc) is 2.99. The molecule has 5 heteroatoms. The molecule has 0 radical (unpaired) electrons. The van der Waals surface area contributed by atoms with E-state index >= 15 is 0 Å². The first kappa shape index (κ1) is 15.8. The fourth-order valence-electron chi connectivity index (χ4n) is 3.02. The van der Waals surface area contributed by atoms with E-state index in [0.717, 1.165) is 18.0 Å². The zero-order chi connectivity index (χ0) is 15.1. The zero-order valence-electron chi connectivity index (χ0n) is 12.6. The Morgan fingerprint density at radius 3 is 2.76 bits per heavy atom. The summed E-state index contributed by atoms with van der Waals surface area (Å²) in [6, 6.07) is 4.90. The molecule has 5 nitrogen and oxygen atoms in total. The van der Waals surface area contributed by atoms with Gasteiger partial charge in [0, 0.05) is 12.6 Å². The second-order valence-electron chi connectivity index (χ2n) is 5.77. The summed E-state index contributed by atoms with van der Waals surface area (Å²) in [6.07, 6.45) is 8.04. The lowest BCUT2D eigenvalue weighted by Gasteiger charge is -2.10. The summed E-state index contributed by atoms with van der Waals surface area (Å²) in [6.45, 7) is 1.60. The monoisotopic (exact) mass is 292 g/mol. The Hall–Kier alpha value is -1.62. The number of nitrogens with one attached hydrogen (secondary N) is 1. The molecule has 0 unspecified atom stereocenters. The van der Waals surface area contributed by atoms with Crippen molar-refractivity contribution in [1.29, 1.82) is 0 Å². The van der Waals surface area contributed by atoms with Crippen LogP contribution in [-0.4, -0.2) is 18.6 Å². The van der Waals surface area contributed by atoms with E-state index in [0.29, 0.717) is 12.3 Å². The molecular weight excluding hydrogens is 268 g/mol. The molecule has 1 saturated carbocycles. The van der Waals surface area contributed by atoms with Crippen molar-refractivity contribution in [1.82, 2.24) is 5.32 Å². The summed E-state index contributed by atoms with van der Waals surface area (Å²) >= 11 is 0. The number of rotatable bonds is 8. The van der Waals surface area contributed by atoms with Gasteiger partial charge in [-0.05, 0) is 36.9 Å². The normalized spacial score (nSPS) is 15.3. The zero-order valence-corrected chi connectivity index (χ0v) is 12.6. The van der Waals surface area contributed by atoms with Gasteiger partial charge in [-0.3, -0.25) is 10.1 Å². The lowest BCUT2D eigenvalue weighted by molar-refractivity contribution is -0.385. The van der Waals surface area contributed by atoms with Crippen molar-refractivity contribution in [3.05, 3.63) is 33.9 Å². The van der Waals surface area contributed by atoms with Gasteiger partial charge in [0.1, 0.15) is 5.75 Å². The van der Waals surface area contributed by atoms with Crippen LogP contribution in [0.2, 0.25) is 0 Å². The van der Waals surface area contributed by atoms with Gasteiger partial charge < -0.3 is 10.1 Å². The Balaban J connectivity index is 1.76. The van der Waals surface area contributed by atoms with Gasteiger partial charge in [-0.25, -0.2) is 0 Å². The summed E-state index contributed by atoms with van der Waals surface area (Å²) in [4.78, 5) is 10.5. The van der Waals surface area contributed by atoms with E-state index in [4.69, 9.17) is 4.74 Å². The summed E-state index contributed by atoms with van der Waals surface area (Å²) in [5.41, 5.74) is 0.971. The first-order valence-electron chi connectivity index (χ1n) is 7.72. The maximum Gasteiger partial charge on any atom is 0.273 e. The number of benzene rings is 1. The lowest BCUT2D eigenvalue weighted by Crippen LogP contribution is -2.15. The van der Waals surface area contributed by atoms with Crippen LogP contribution in [0.3, 0.4) is 0 Å². The minimum atomic E-state index is -0.383. The standard InChI is InChI=1S/C16H24N2O3/c1-21-16-10-14(9-15(11-16)18(19)20)12-17-8-4-7-13-5-2-3-6-13/h9-11,13,17H,2-8,12H2,1H3. The largest absolute Gasteiger partial charge is 0.496 e. The van der Waals surface area contributed by atoms with E-state index < -0.39 is 0 Å². The van der Waals surface area contributed by atoms with Gasteiger partial charge in [0.2, 0.25) is 0 Å². The lowest BCUT2D eigenvalue weighted by atomic mass is 10.0. The van der Waals surface area contributed by atoms with Crippen LogP contribution < -0.4 is 10.1 Å². The van der Waals surface area contributed by atoms with Gasteiger partial charge in [-0.15, -0.1) is 0 Å².